The molecule has 0 radical (unpaired) electrons. The second-order valence-corrected chi connectivity index (χ2v) is 14.7. The first-order valence-corrected chi connectivity index (χ1v) is 14.1. The van der Waals surface area contributed by atoms with E-state index >= 15 is 0 Å². The molecule has 0 unspecified atom stereocenters. The molecule has 5 rings (SSSR count). The summed E-state index contributed by atoms with van der Waals surface area (Å²) < 4.78 is 0. The van der Waals surface area contributed by atoms with E-state index in [0.717, 1.165) is 30.6 Å². The third-order valence-electron chi connectivity index (χ3n) is 13.2. The average Bonchev–Trinajstić information content (AvgIpc) is 3.34. The van der Waals surface area contributed by atoms with Crippen LogP contribution in [0.15, 0.2) is 12.2 Å². The lowest BCUT2D eigenvalue weighted by molar-refractivity contribution is -0.160. The molecule has 0 heterocycles. The molecule has 180 valence electrons. The minimum absolute atomic E-state index is 0.0702. The Morgan fingerprint density at radius 3 is 2.31 bits per heavy atom. The van der Waals surface area contributed by atoms with Gasteiger partial charge in [0, 0.05) is 11.8 Å². The molecule has 0 N–H and O–H groups in total. The molecular formula is C31H50O. The first-order valence-electron chi connectivity index (χ1n) is 14.1. The van der Waals surface area contributed by atoms with Gasteiger partial charge in [-0.05, 0) is 115 Å². The predicted octanol–water partition coefficient (Wildman–Crippen LogP) is 8.62. The molecule has 2 spiro atoms. The highest BCUT2D eigenvalue weighted by molar-refractivity contribution is 5.91. The first kappa shape index (κ1) is 23.2. The normalized spacial score (nSPS) is 49.6. The van der Waals surface area contributed by atoms with Gasteiger partial charge >= 0.3 is 0 Å². The van der Waals surface area contributed by atoms with Gasteiger partial charge in [0.2, 0.25) is 0 Å². The highest BCUT2D eigenvalue weighted by Gasteiger charge is 2.84. The quantitative estimate of drug-likeness (QED) is 0.393. The fraction of sp³-hybridized carbons (Fsp3) is 0.903. The Kier molecular flexibility index (Phi) is 5.05. The summed E-state index contributed by atoms with van der Waals surface area (Å²) in [4.78, 5) is 13.6. The smallest absolute Gasteiger partial charge is 0.139 e. The standard InChI is InChI=1S/C31H50O/c1-20(2)21(3)9-10-22(4)23-13-16-29(8)25-12-11-24-27(5,6)15-14-26(32)31(24)19-30(25,31)18-17-28(23,29)7/h20,22-25H,3,9-19H2,1-2,4-8H3/t22-,23-,24+,25+,28-,29+,30+,31-/m1/s1. The lowest BCUT2D eigenvalue weighted by Gasteiger charge is -2.62. The summed E-state index contributed by atoms with van der Waals surface area (Å²) in [5.41, 5.74) is 3.10. The predicted molar refractivity (Wildman–Crippen MR) is 134 cm³/mol. The van der Waals surface area contributed by atoms with E-state index in [1.807, 2.05) is 0 Å². The number of rotatable bonds is 5. The van der Waals surface area contributed by atoms with Crippen molar-refractivity contribution in [3.8, 4) is 0 Å². The summed E-state index contributed by atoms with van der Waals surface area (Å²) in [5.74, 6) is 4.35. The van der Waals surface area contributed by atoms with E-state index in [-0.39, 0.29) is 5.41 Å². The first-order chi connectivity index (χ1) is 14.9. The van der Waals surface area contributed by atoms with Crippen LogP contribution in [-0.2, 0) is 4.79 Å². The van der Waals surface area contributed by atoms with Gasteiger partial charge in [-0.25, -0.2) is 0 Å². The molecule has 0 saturated heterocycles. The molecule has 32 heavy (non-hydrogen) atoms. The minimum atomic E-state index is 0.0702. The van der Waals surface area contributed by atoms with Crippen molar-refractivity contribution in [2.24, 2.45) is 56.7 Å². The Morgan fingerprint density at radius 1 is 0.938 bits per heavy atom. The van der Waals surface area contributed by atoms with Gasteiger partial charge in [-0.15, -0.1) is 0 Å². The van der Waals surface area contributed by atoms with E-state index in [0.29, 0.717) is 39.3 Å². The Hall–Kier alpha value is -0.590. The monoisotopic (exact) mass is 438 g/mol. The average molecular weight is 439 g/mol. The highest BCUT2D eigenvalue weighted by Crippen LogP contribution is 2.88. The zero-order valence-electron chi connectivity index (χ0n) is 22.3. The number of ketones is 1. The molecule has 8 atom stereocenters. The molecule has 0 aromatic rings. The molecule has 1 nitrogen and oxygen atoms in total. The van der Waals surface area contributed by atoms with Crippen LogP contribution in [0.1, 0.15) is 119 Å². The molecule has 1 heteroatoms. The summed E-state index contributed by atoms with van der Waals surface area (Å²) in [6, 6.07) is 0. The summed E-state index contributed by atoms with van der Waals surface area (Å²) in [6.45, 7) is 21.8. The fourth-order valence-corrected chi connectivity index (χ4v) is 10.9. The fourth-order valence-electron chi connectivity index (χ4n) is 10.9. The highest BCUT2D eigenvalue weighted by atomic mass is 16.1. The van der Waals surface area contributed by atoms with Crippen molar-refractivity contribution in [3.05, 3.63) is 12.2 Å². The second kappa shape index (κ2) is 6.97. The van der Waals surface area contributed by atoms with Crippen molar-refractivity contribution in [2.75, 3.05) is 0 Å². The van der Waals surface area contributed by atoms with Gasteiger partial charge in [-0.3, -0.25) is 4.79 Å². The van der Waals surface area contributed by atoms with E-state index < -0.39 is 0 Å². The number of hydrogen-bond donors (Lipinski definition) is 0. The Bertz CT molecular complexity index is 820. The van der Waals surface area contributed by atoms with Crippen molar-refractivity contribution in [1.29, 1.82) is 0 Å². The largest absolute Gasteiger partial charge is 0.299 e. The van der Waals surface area contributed by atoms with E-state index in [4.69, 9.17) is 0 Å². The number of allylic oxidation sites excluding steroid dienone is 1. The lowest BCUT2D eigenvalue weighted by atomic mass is 9.42. The minimum Gasteiger partial charge on any atom is -0.299 e. The molecule has 5 saturated carbocycles. The van der Waals surface area contributed by atoms with Gasteiger partial charge in [0.05, 0.1) is 0 Å². The van der Waals surface area contributed by atoms with Crippen molar-refractivity contribution < 1.29 is 4.79 Å². The molecule has 5 fully saturated rings. The molecular weight excluding hydrogens is 388 g/mol. The third-order valence-corrected chi connectivity index (χ3v) is 13.2. The molecule has 0 aromatic heterocycles. The van der Waals surface area contributed by atoms with Gasteiger partial charge in [-0.2, -0.15) is 0 Å². The van der Waals surface area contributed by atoms with Crippen LogP contribution in [0.4, 0.5) is 0 Å². The van der Waals surface area contributed by atoms with Gasteiger partial charge in [-0.1, -0.05) is 60.6 Å². The number of carbonyl (C=O) groups excluding carboxylic acids is 1. The maximum Gasteiger partial charge on any atom is 0.139 e. The Labute approximate surface area is 198 Å². The van der Waals surface area contributed by atoms with Crippen LogP contribution in [0.25, 0.3) is 0 Å². The summed E-state index contributed by atoms with van der Waals surface area (Å²) in [6.07, 6.45) is 13.9. The lowest BCUT2D eigenvalue weighted by Crippen LogP contribution is -2.57. The number of carbonyl (C=O) groups is 1. The zero-order chi connectivity index (χ0) is 23.3. The third kappa shape index (κ3) is 2.66. The Morgan fingerprint density at radius 2 is 1.62 bits per heavy atom. The van der Waals surface area contributed by atoms with E-state index in [9.17, 15) is 4.79 Å². The summed E-state index contributed by atoms with van der Waals surface area (Å²) in [7, 11) is 0. The van der Waals surface area contributed by atoms with Gasteiger partial charge in [0.25, 0.3) is 0 Å². The SMILES string of the molecule is C=C(CC[C@@H](C)[C@H]1CC[C@@]2(C)[C@@H]3CC[C@H]4C(C)(C)CCC(=O)[C@@]45C[C@@]35CC[C@]12C)C(C)C. The molecule has 0 aliphatic heterocycles. The number of Topliss-reactive ketones (excluding diaryl/α,β-unsaturated/α-hetero) is 1. The molecule has 0 amide bonds. The van der Waals surface area contributed by atoms with Crippen LogP contribution in [0.3, 0.4) is 0 Å². The van der Waals surface area contributed by atoms with Crippen molar-refractivity contribution >= 4 is 5.78 Å². The van der Waals surface area contributed by atoms with Crippen LogP contribution in [-0.4, -0.2) is 5.78 Å². The topological polar surface area (TPSA) is 17.1 Å². The van der Waals surface area contributed by atoms with Crippen LogP contribution in [0.5, 0.6) is 0 Å². The maximum atomic E-state index is 13.6. The maximum absolute atomic E-state index is 13.6. The summed E-state index contributed by atoms with van der Waals surface area (Å²) in [5, 5.41) is 0. The van der Waals surface area contributed by atoms with Gasteiger partial charge in [0.15, 0.2) is 0 Å². The Balaban J connectivity index is 1.41. The molecule has 0 bridgehead atoms. The molecule has 0 aromatic carbocycles. The van der Waals surface area contributed by atoms with E-state index in [1.165, 1.54) is 63.4 Å². The van der Waals surface area contributed by atoms with Crippen molar-refractivity contribution in [2.45, 2.75) is 119 Å². The summed E-state index contributed by atoms with van der Waals surface area (Å²) >= 11 is 0. The van der Waals surface area contributed by atoms with Gasteiger partial charge in [0.1, 0.15) is 5.78 Å². The zero-order valence-corrected chi connectivity index (χ0v) is 22.3. The van der Waals surface area contributed by atoms with Crippen LogP contribution in [0, 0.1) is 56.7 Å². The number of hydrogen-bond acceptors (Lipinski definition) is 1. The van der Waals surface area contributed by atoms with Crippen LogP contribution < -0.4 is 0 Å². The van der Waals surface area contributed by atoms with Crippen LogP contribution >= 0.6 is 0 Å². The van der Waals surface area contributed by atoms with Gasteiger partial charge < -0.3 is 0 Å². The van der Waals surface area contributed by atoms with E-state index in [1.54, 1.807) is 0 Å². The molecule has 5 aliphatic rings. The van der Waals surface area contributed by atoms with Crippen molar-refractivity contribution in [3.63, 3.8) is 0 Å². The second-order valence-electron chi connectivity index (χ2n) is 14.7. The number of fused-ring (bicyclic) bond motifs is 2. The molecule has 5 aliphatic carbocycles. The van der Waals surface area contributed by atoms with E-state index in [2.05, 4.69) is 55.0 Å². The van der Waals surface area contributed by atoms with Crippen LogP contribution in [0.2, 0.25) is 0 Å². The van der Waals surface area contributed by atoms with Crippen molar-refractivity contribution in [1.82, 2.24) is 0 Å².